The number of hydrogen-bond donors (Lipinski definition) is 0. The summed E-state index contributed by atoms with van der Waals surface area (Å²) in [5.74, 6) is 0. The van der Waals surface area contributed by atoms with E-state index in [0.29, 0.717) is 13.1 Å². The Labute approximate surface area is 103 Å². The Bertz CT molecular complexity index is 477. The number of fused-ring (bicyclic) bond motifs is 1. The van der Waals surface area contributed by atoms with E-state index in [-0.39, 0.29) is 0 Å². The van der Waals surface area contributed by atoms with E-state index in [1.807, 2.05) is 0 Å². The molecule has 2 aromatic carbocycles. The predicted molar refractivity (Wildman–Crippen MR) is 72.6 cm³/mol. The average molecular weight is 329 g/mol. The van der Waals surface area contributed by atoms with Crippen LogP contribution in [0.5, 0.6) is 0 Å². The van der Waals surface area contributed by atoms with Gasteiger partial charge in [-0.1, -0.05) is 0 Å². The first-order valence-corrected chi connectivity index (χ1v) is 9.58. The van der Waals surface area contributed by atoms with Crippen LogP contribution in [0.15, 0.2) is 36.4 Å². The van der Waals surface area contributed by atoms with Crippen LogP contribution in [0.25, 0.3) is 10.8 Å². The molecule has 0 aliphatic heterocycles. The second-order valence-corrected chi connectivity index (χ2v) is 6.53. The van der Waals surface area contributed by atoms with Crippen molar-refractivity contribution in [2.75, 3.05) is 19.0 Å². The molecule has 0 heterocycles. The van der Waals surface area contributed by atoms with Gasteiger partial charge in [0.05, 0.1) is 0 Å². The van der Waals surface area contributed by atoms with E-state index in [1.54, 1.807) is 0 Å². The molecule has 0 atom stereocenters. The maximum atomic E-state index is 3.61. The Kier molecular flexibility index (Phi) is 3.35. The zero-order valence-electron chi connectivity index (χ0n) is 8.70. The molecule has 3 heteroatoms. The number of halogens is 1. The molecule has 0 saturated heterocycles. The molecule has 0 radical (unpaired) electrons. The van der Waals surface area contributed by atoms with Crippen LogP contribution in [0.1, 0.15) is 0 Å². The normalized spacial score (nSPS) is 10.6. The van der Waals surface area contributed by atoms with Crippen molar-refractivity contribution < 1.29 is 0 Å². The summed E-state index contributed by atoms with van der Waals surface area (Å²) in [6.07, 6.45) is 0. The molecule has 0 spiro atoms. The van der Waals surface area contributed by atoms with E-state index in [1.165, 1.54) is 20.9 Å². The first kappa shape index (κ1) is 11.0. The van der Waals surface area contributed by atoms with E-state index in [0.717, 1.165) is 0 Å². The average Bonchev–Trinajstić information content (AvgIpc) is 2.27. The van der Waals surface area contributed by atoms with Crippen molar-refractivity contribution in [2.24, 2.45) is 0 Å². The Balaban J connectivity index is 2.81. The zero-order valence-corrected chi connectivity index (χ0v) is 12.0. The van der Waals surface area contributed by atoms with Crippen molar-refractivity contribution in [2.45, 2.75) is 0 Å². The van der Waals surface area contributed by atoms with Gasteiger partial charge in [-0.3, -0.25) is 0 Å². The van der Waals surface area contributed by atoms with Crippen LogP contribution in [0.4, 0.5) is 5.69 Å². The molecule has 0 bridgehead atoms. The van der Waals surface area contributed by atoms with Gasteiger partial charge in [0, 0.05) is 0 Å². The Hall–Kier alpha value is -0.501. The van der Waals surface area contributed by atoms with E-state index in [2.05, 4.69) is 69.5 Å². The molecule has 2 aromatic rings. The van der Waals surface area contributed by atoms with Crippen LogP contribution >= 0.6 is 14.1 Å². The van der Waals surface area contributed by atoms with Crippen molar-refractivity contribution in [3.63, 3.8) is 0 Å². The van der Waals surface area contributed by atoms with Crippen LogP contribution in [-0.2, 0) is 0 Å². The molecule has 2 rings (SSSR count). The van der Waals surface area contributed by atoms with Gasteiger partial charge in [-0.25, -0.2) is 0 Å². The third-order valence-corrected chi connectivity index (χ3v) is 5.28. The van der Waals surface area contributed by atoms with Crippen LogP contribution in [0.3, 0.4) is 0 Å². The second kappa shape index (κ2) is 4.56. The summed E-state index contributed by atoms with van der Waals surface area (Å²) in [4.78, 5) is 2.17. The van der Waals surface area contributed by atoms with E-state index < -0.39 is 0 Å². The molecular weight excluding hydrogens is 317 g/mol. The van der Waals surface area contributed by atoms with Crippen molar-refractivity contribution in [3.8, 4) is 0 Å². The number of anilines is 1. The number of hydrogen-bond acceptors (Lipinski definition) is 1. The van der Waals surface area contributed by atoms with Gasteiger partial charge in [-0.15, -0.1) is 0 Å². The molecule has 0 aliphatic carbocycles. The maximum absolute atomic E-state index is 3.61. The van der Waals surface area contributed by atoms with Crippen LogP contribution in [-0.4, -0.2) is 27.2 Å². The van der Waals surface area contributed by atoms with Crippen LogP contribution in [0.2, 0.25) is 0 Å². The fraction of sp³-hybridized carbons (Fsp3) is 0.167. The molecule has 0 fully saturated rings. The van der Waals surface area contributed by atoms with Gasteiger partial charge in [0.15, 0.2) is 0 Å². The molecular formula is C12H12BrNSe. The molecule has 0 aromatic heterocycles. The van der Waals surface area contributed by atoms with E-state index >= 15 is 0 Å². The Morgan fingerprint density at radius 2 is 1.73 bits per heavy atom. The molecule has 15 heavy (non-hydrogen) atoms. The SMILES string of the molecule is CN(C)c1cccc2cccc([Se]Br)c12. The fourth-order valence-corrected chi connectivity index (χ4v) is 4.03. The van der Waals surface area contributed by atoms with Gasteiger partial charge < -0.3 is 0 Å². The van der Waals surface area contributed by atoms with Gasteiger partial charge in [-0.05, 0) is 0 Å². The summed E-state index contributed by atoms with van der Waals surface area (Å²) in [5.41, 5.74) is 1.30. The molecule has 0 aliphatic rings. The second-order valence-electron chi connectivity index (χ2n) is 3.60. The van der Waals surface area contributed by atoms with Crippen molar-refractivity contribution >= 4 is 48.2 Å². The summed E-state index contributed by atoms with van der Waals surface area (Å²) >= 11 is 3.97. The van der Waals surface area contributed by atoms with Gasteiger partial charge in [-0.2, -0.15) is 0 Å². The number of benzene rings is 2. The van der Waals surface area contributed by atoms with Crippen LogP contribution < -0.4 is 9.36 Å². The molecule has 78 valence electrons. The molecule has 0 N–H and O–H groups in total. The third kappa shape index (κ3) is 2.05. The van der Waals surface area contributed by atoms with E-state index in [9.17, 15) is 0 Å². The Morgan fingerprint density at radius 3 is 2.33 bits per heavy atom. The summed E-state index contributed by atoms with van der Waals surface area (Å²) in [7, 11) is 4.18. The first-order chi connectivity index (χ1) is 7.24. The first-order valence-electron chi connectivity index (χ1n) is 4.71. The van der Waals surface area contributed by atoms with E-state index in [4.69, 9.17) is 0 Å². The van der Waals surface area contributed by atoms with Gasteiger partial charge in [0.25, 0.3) is 0 Å². The monoisotopic (exact) mass is 329 g/mol. The van der Waals surface area contributed by atoms with Gasteiger partial charge >= 0.3 is 104 Å². The molecule has 0 unspecified atom stereocenters. The fourth-order valence-electron chi connectivity index (χ4n) is 1.72. The summed E-state index contributed by atoms with van der Waals surface area (Å²) in [6.45, 7) is 0. The van der Waals surface area contributed by atoms with Gasteiger partial charge in [0.2, 0.25) is 0 Å². The zero-order chi connectivity index (χ0) is 10.8. The summed E-state index contributed by atoms with van der Waals surface area (Å²) in [6, 6.07) is 13.0. The Morgan fingerprint density at radius 1 is 1.07 bits per heavy atom. The summed E-state index contributed by atoms with van der Waals surface area (Å²) < 4.78 is 1.41. The number of rotatable bonds is 2. The molecule has 0 saturated carbocycles. The number of nitrogens with zero attached hydrogens (tertiary/aromatic N) is 1. The standard InChI is InChI=1S/C12H12BrNSe/c1-14(2)10-7-3-5-9-6-4-8-11(15-13)12(9)10/h3-8H,1-2H3. The van der Waals surface area contributed by atoms with Crippen molar-refractivity contribution in [1.82, 2.24) is 0 Å². The van der Waals surface area contributed by atoms with Gasteiger partial charge in [0.1, 0.15) is 0 Å². The van der Waals surface area contributed by atoms with Crippen LogP contribution in [0, 0.1) is 0 Å². The minimum absolute atomic E-state index is 0.360. The van der Waals surface area contributed by atoms with Crippen molar-refractivity contribution in [3.05, 3.63) is 36.4 Å². The molecule has 1 nitrogen and oxygen atoms in total. The predicted octanol–water partition coefficient (Wildman–Crippen LogP) is 2.55. The summed E-state index contributed by atoms with van der Waals surface area (Å²) in [5, 5.41) is 2.70. The third-order valence-electron chi connectivity index (χ3n) is 2.41. The molecule has 0 amide bonds. The minimum atomic E-state index is 0.360. The topological polar surface area (TPSA) is 3.24 Å². The quantitative estimate of drug-likeness (QED) is 0.766. The van der Waals surface area contributed by atoms with Crippen molar-refractivity contribution in [1.29, 1.82) is 0 Å².